The van der Waals surface area contributed by atoms with Crippen LogP contribution in [0.5, 0.6) is 0 Å². The van der Waals surface area contributed by atoms with Gasteiger partial charge >= 0.3 is 5.97 Å². The summed E-state index contributed by atoms with van der Waals surface area (Å²) in [7, 11) is 0. The second kappa shape index (κ2) is 5.97. The van der Waals surface area contributed by atoms with Gasteiger partial charge in [-0.15, -0.1) is 0 Å². The number of carbonyl (C=O) groups is 1. The summed E-state index contributed by atoms with van der Waals surface area (Å²) in [5.74, 6) is -0.466. The van der Waals surface area contributed by atoms with Crippen LogP contribution in [-0.4, -0.2) is 21.0 Å². The van der Waals surface area contributed by atoms with Gasteiger partial charge < -0.3 is 5.11 Å². The van der Waals surface area contributed by atoms with E-state index in [-0.39, 0.29) is 5.69 Å². The Morgan fingerprint density at radius 3 is 2.79 bits per heavy atom. The molecule has 0 aliphatic rings. The summed E-state index contributed by atoms with van der Waals surface area (Å²) in [5, 5.41) is 10.2. The highest BCUT2D eigenvalue weighted by atomic mass is 35.5. The Hall–Kier alpha value is -1.68. The molecule has 0 aliphatic carbocycles. The number of hydrogen-bond acceptors (Lipinski definition) is 3. The van der Waals surface area contributed by atoms with E-state index in [1.807, 2.05) is 0 Å². The first-order valence-electron chi connectivity index (χ1n) is 6.31. The summed E-state index contributed by atoms with van der Waals surface area (Å²) in [6, 6.07) is 5.03. The van der Waals surface area contributed by atoms with E-state index in [2.05, 4.69) is 16.9 Å². The molecule has 0 unspecified atom stereocenters. The molecular formula is C14H15ClN2O2. The monoisotopic (exact) mass is 278 g/mol. The van der Waals surface area contributed by atoms with E-state index in [0.717, 1.165) is 19.3 Å². The van der Waals surface area contributed by atoms with E-state index >= 15 is 0 Å². The number of nitrogens with zero attached hydrogens (tertiary/aromatic N) is 2. The lowest BCUT2D eigenvalue weighted by Gasteiger charge is -2.06. The molecule has 5 heteroatoms. The van der Waals surface area contributed by atoms with Crippen molar-refractivity contribution in [3.8, 4) is 0 Å². The van der Waals surface area contributed by atoms with Gasteiger partial charge in [0, 0.05) is 16.8 Å². The molecule has 0 aliphatic heterocycles. The molecular weight excluding hydrogens is 264 g/mol. The second-order valence-electron chi connectivity index (χ2n) is 4.41. The minimum Gasteiger partial charge on any atom is -0.476 e. The number of carboxylic acid groups (broad SMARTS) is 1. The number of hydrogen-bond donors (Lipinski definition) is 1. The van der Waals surface area contributed by atoms with Crippen LogP contribution in [0.4, 0.5) is 0 Å². The number of fused-ring (bicyclic) bond motifs is 1. The smallest absolute Gasteiger partial charge is 0.355 e. The fourth-order valence-electron chi connectivity index (χ4n) is 1.96. The standard InChI is InChI=1S/C14H15ClN2O2/c1-2-3-4-5-12-16-11-7-6-9(15)8-10(11)13(17-12)14(18)19/h6-8H,2-5H2,1H3,(H,18,19). The molecule has 0 atom stereocenters. The lowest BCUT2D eigenvalue weighted by molar-refractivity contribution is 0.0692. The Labute approximate surface area is 116 Å². The zero-order chi connectivity index (χ0) is 13.8. The van der Waals surface area contributed by atoms with Crippen molar-refractivity contribution >= 4 is 28.5 Å². The van der Waals surface area contributed by atoms with E-state index in [4.69, 9.17) is 11.6 Å². The third kappa shape index (κ3) is 3.20. The van der Waals surface area contributed by atoms with Gasteiger partial charge in [-0.3, -0.25) is 0 Å². The predicted molar refractivity (Wildman–Crippen MR) is 74.7 cm³/mol. The Morgan fingerprint density at radius 2 is 2.11 bits per heavy atom. The number of aromatic nitrogens is 2. The normalized spacial score (nSPS) is 10.8. The molecule has 4 nitrogen and oxygen atoms in total. The van der Waals surface area contributed by atoms with Crippen molar-refractivity contribution in [3.05, 3.63) is 34.7 Å². The number of rotatable bonds is 5. The highest BCUT2D eigenvalue weighted by Crippen LogP contribution is 2.21. The fourth-order valence-corrected chi connectivity index (χ4v) is 2.13. The molecule has 1 heterocycles. The number of benzene rings is 1. The van der Waals surface area contributed by atoms with Crippen molar-refractivity contribution in [2.75, 3.05) is 0 Å². The van der Waals surface area contributed by atoms with Crippen molar-refractivity contribution in [1.29, 1.82) is 0 Å². The summed E-state index contributed by atoms with van der Waals surface area (Å²) in [5.41, 5.74) is 0.655. The maximum Gasteiger partial charge on any atom is 0.355 e. The summed E-state index contributed by atoms with van der Waals surface area (Å²) in [4.78, 5) is 19.8. The van der Waals surface area contributed by atoms with Gasteiger partial charge in [0.05, 0.1) is 5.52 Å². The van der Waals surface area contributed by atoms with Gasteiger partial charge in [0.2, 0.25) is 0 Å². The number of carboxylic acids is 1. The summed E-state index contributed by atoms with van der Waals surface area (Å²) >= 11 is 5.89. The van der Waals surface area contributed by atoms with E-state index in [1.165, 1.54) is 0 Å². The maximum atomic E-state index is 11.3. The van der Waals surface area contributed by atoms with Gasteiger partial charge in [0.25, 0.3) is 0 Å². The average molecular weight is 279 g/mol. The van der Waals surface area contributed by atoms with Crippen molar-refractivity contribution < 1.29 is 9.90 Å². The van der Waals surface area contributed by atoms with E-state index in [0.29, 0.717) is 28.2 Å². The molecule has 1 aromatic heterocycles. The maximum absolute atomic E-state index is 11.3. The van der Waals surface area contributed by atoms with Gasteiger partial charge in [-0.25, -0.2) is 14.8 Å². The Morgan fingerprint density at radius 1 is 1.32 bits per heavy atom. The fraction of sp³-hybridized carbons (Fsp3) is 0.357. The topological polar surface area (TPSA) is 63.1 Å². The zero-order valence-corrected chi connectivity index (χ0v) is 11.4. The zero-order valence-electron chi connectivity index (χ0n) is 10.7. The molecule has 0 spiro atoms. The SMILES string of the molecule is CCCCCc1nc(C(=O)O)c2cc(Cl)ccc2n1. The lowest BCUT2D eigenvalue weighted by Crippen LogP contribution is -2.07. The highest BCUT2D eigenvalue weighted by molar-refractivity contribution is 6.31. The minimum absolute atomic E-state index is 0.0269. The van der Waals surface area contributed by atoms with E-state index in [1.54, 1.807) is 18.2 Å². The van der Waals surface area contributed by atoms with Crippen LogP contribution >= 0.6 is 11.6 Å². The number of halogens is 1. The number of unbranched alkanes of at least 4 members (excludes halogenated alkanes) is 2. The van der Waals surface area contributed by atoms with Crippen LogP contribution in [0.3, 0.4) is 0 Å². The summed E-state index contributed by atoms with van der Waals surface area (Å²) < 4.78 is 0. The average Bonchev–Trinajstić information content (AvgIpc) is 2.38. The van der Waals surface area contributed by atoms with Crippen LogP contribution in [0.2, 0.25) is 5.02 Å². The van der Waals surface area contributed by atoms with Crippen molar-refractivity contribution in [3.63, 3.8) is 0 Å². The first-order chi connectivity index (χ1) is 9.11. The molecule has 0 fully saturated rings. The van der Waals surface area contributed by atoms with Gasteiger partial charge in [0.1, 0.15) is 5.82 Å². The molecule has 0 bridgehead atoms. The quantitative estimate of drug-likeness (QED) is 0.847. The molecule has 0 radical (unpaired) electrons. The van der Waals surface area contributed by atoms with Gasteiger partial charge in [0.15, 0.2) is 5.69 Å². The molecule has 19 heavy (non-hydrogen) atoms. The van der Waals surface area contributed by atoms with Crippen LogP contribution in [0.1, 0.15) is 42.5 Å². The van der Waals surface area contributed by atoms with Crippen molar-refractivity contribution in [2.45, 2.75) is 32.6 Å². The number of aromatic carboxylic acids is 1. The molecule has 100 valence electrons. The van der Waals surface area contributed by atoms with E-state index in [9.17, 15) is 9.90 Å². The molecule has 2 aromatic rings. The Balaban J connectivity index is 2.46. The Bertz CT molecular complexity index is 614. The Kier molecular flexibility index (Phi) is 4.32. The summed E-state index contributed by atoms with van der Waals surface area (Å²) in [6.07, 6.45) is 3.86. The molecule has 1 N–H and O–H groups in total. The van der Waals surface area contributed by atoms with Crippen molar-refractivity contribution in [2.24, 2.45) is 0 Å². The van der Waals surface area contributed by atoms with Crippen LogP contribution in [0, 0.1) is 0 Å². The first-order valence-corrected chi connectivity index (χ1v) is 6.69. The largest absolute Gasteiger partial charge is 0.476 e. The third-order valence-corrected chi connectivity index (χ3v) is 3.15. The van der Waals surface area contributed by atoms with Crippen LogP contribution in [0.25, 0.3) is 10.9 Å². The lowest BCUT2D eigenvalue weighted by atomic mass is 10.1. The van der Waals surface area contributed by atoms with E-state index < -0.39 is 5.97 Å². The first kappa shape index (κ1) is 13.7. The molecule has 0 saturated heterocycles. The molecule has 0 saturated carbocycles. The highest BCUT2D eigenvalue weighted by Gasteiger charge is 2.14. The van der Waals surface area contributed by atoms with Crippen molar-refractivity contribution in [1.82, 2.24) is 9.97 Å². The van der Waals surface area contributed by atoms with Gasteiger partial charge in [-0.2, -0.15) is 0 Å². The summed E-state index contributed by atoms with van der Waals surface area (Å²) in [6.45, 7) is 2.12. The third-order valence-electron chi connectivity index (χ3n) is 2.91. The second-order valence-corrected chi connectivity index (χ2v) is 4.85. The van der Waals surface area contributed by atoms with Crippen LogP contribution in [-0.2, 0) is 6.42 Å². The van der Waals surface area contributed by atoms with Gasteiger partial charge in [-0.1, -0.05) is 31.4 Å². The minimum atomic E-state index is -1.05. The van der Waals surface area contributed by atoms with Crippen LogP contribution < -0.4 is 0 Å². The molecule has 1 aromatic carbocycles. The molecule has 2 rings (SSSR count). The predicted octanol–water partition coefficient (Wildman–Crippen LogP) is 3.71. The number of aryl methyl sites for hydroxylation is 1. The van der Waals surface area contributed by atoms with Gasteiger partial charge in [-0.05, 0) is 24.6 Å². The molecule has 0 amide bonds. The van der Waals surface area contributed by atoms with Crippen LogP contribution in [0.15, 0.2) is 18.2 Å².